The molecular weight excluding hydrogens is 266 g/mol. The first kappa shape index (κ1) is 15.5. The minimum atomic E-state index is -0.267. The SMILES string of the molecule is CN(CCC(=O)Nc1ccc(C#N)cc1)CC(O)C1CC1. The number of anilines is 1. The van der Waals surface area contributed by atoms with Crippen molar-refractivity contribution in [2.45, 2.75) is 25.4 Å². The van der Waals surface area contributed by atoms with Crippen LogP contribution < -0.4 is 5.32 Å². The Morgan fingerprint density at radius 2 is 2.14 bits per heavy atom. The van der Waals surface area contributed by atoms with Crippen molar-refractivity contribution < 1.29 is 9.90 Å². The molecule has 1 saturated carbocycles. The molecule has 0 aliphatic heterocycles. The van der Waals surface area contributed by atoms with E-state index in [0.29, 0.717) is 36.7 Å². The van der Waals surface area contributed by atoms with Crippen LogP contribution in [-0.4, -0.2) is 42.2 Å². The Bertz CT molecular complexity index is 517. The van der Waals surface area contributed by atoms with Crippen molar-refractivity contribution in [2.24, 2.45) is 5.92 Å². The fourth-order valence-corrected chi connectivity index (χ4v) is 2.18. The molecule has 1 fully saturated rings. The zero-order valence-corrected chi connectivity index (χ0v) is 12.2. The van der Waals surface area contributed by atoms with E-state index in [1.54, 1.807) is 24.3 Å². The Hall–Kier alpha value is -1.90. The second-order valence-corrected chi connectivity index (χ2v) is 5.65. The Balaban J connectivity index is 1.69. The second-order valence-electron chi connectivity index (χ2n) is 5.65. The van der Waals surface area contributed by atoms with Crippen molar-refractivity contribution in [3.05, 3.63) is 29.8 Å². The minimum absolute atomic E-state index is 0.0625. The van der Waals surface area contributed by atoms with E-state index in [1.807, 2.05) is 18.0 Å². The number of aliphatic hydroxyl groups is 1. The van der Waals surface area contributed by atoms with Gasteiger partial charge in [-0.1, -0.05) is 0 Å². The van der Waals surface area contributed by atoms with Crippen molar-refractivity contribution in [1.29, 1.82) is 5.26 Å². The average Bonchev–Trinajstić information content (AvgIpc) is 3.30. The van der Waals surface area contributed by atoms with Crippen molar-refractivity contribution >= 4 is 11.6 Å². The van der Waals surface area contributed by atoms with Crippen LogP contribution in [0.2, 0.25) is 0 Å². The third kappa shape index (κ3) is 5.18. The van der Waals surface area contributed by atoms with Gasteiger partial charge in [0.1, 0.15) is 0 Å². The molecule has 21 heavy (non-hydrogen) atoms. The summed E-state index contributed by atoms with van der Waals surface area (Å²) >= 11 is 0. The first-order valence-corrected chi connectivity index (χ1v) is 7.25. The van der Waals surface area contributed by atoms with Crippen molar-refractivity contribution in [1.82, 2.24) is 4.90 Å². The molecule has 0 spiro atoms. The van der Waals surface area contributed by atoms with E-state index in [2.05, 4.69) is 5.32 Å². The molecule has 1 atom stereocenters. The zero-order chi connectivity index (χ0) is 15.2. The van der Waals surface area contributed by atoms with E-state index >= 15 is 0 Å². The predicted octanol–water partition coefficient (Wildman–Crippen LogP) is 1.59. The standard InChI is InChI=1S/C16H21N3O2/c1-19(11-15(20)13-4-5-13)9-8-16(21)18-14-6-2-12(10-17)3-7-14/h2-3,6-7,13,15,20H,4-5,8-9,11H2,1H3,(H,18,21). The molecule has 0 aromatic heterocycles. The molecule has 1 unspecified atom stereocenters. The van der Waals surface area contributed by atoms with Gasteiger partial charge in [0.25, 0.3) is 0 Å². The summed E-state index contributed by atoms with van der Waals surface area (Å²) in [6, 6.07) is 8.82. The van der Waals surface area contributed by atoms with Gasteiger partial charge in [-0.3, -0.25) is 4.79 Å². The number of carbonyl (C=O) groups excluding carboxylic acids is 1. The third-order valence-electron chi connectivity index (χ3n) is 3.68. The summed E-state index contributed by atoms with van der Waals surface area (Å²) in [5.74, 6) is 0.396. The fourth-order valence-electron chi connectivity index (χ4n) is 2.18. The largest absolute Gasteiger partial charge is 0.392 e. The van der Waals surface area contributed by atoms with E-state index < -0.39 is 0 Å². The number of hydrogen-bond acceptors (Lipinski definition) is 4. The Morgan fingerprint density at radius 3 is 2.71 bits per heavy atom. The van der Waals surface area contributed by atoms with Gasteiger partial charge in [-0.2, -0.15) is 5.26 Å². The minimum Gasteiger partial charge on any atom is -0.392 e. The number of benzene rings is 1. The molecule has 0 saturated heterocycles. The summed E-state index contributed by atoms with van der Waals surface area (Å²) in [4.78, 5) is 13.8. The summed E-state index contributed by atoms with van der Waals surface area (Å²) in [6.45, 7) is 1.24. The Kier molecular flexibility index (Phi) is 5.32. The summed E-state index contributed by atoms with van der Waals surface area (Å²) in [7, 11) is 1.92. The lowest BCUT2D eigenvalue weighted by Gasteiger charge is -2.20. The zero-order valence-electron chi connectivity index (χ0n) is 12.2. The quantitative estimate of drug-likeness (QED) is 0.798. The van der Waals surface area contributed by atoms with Gasteiger partial charge < -0.3 is 15.3 Å². The van der Waals surface area contributed by atoms with E-state index in [0.717, 1.165) is 12.8 Å². The molecule has 1 aromatic carbocycles. The van der Waals surface area contributed by atoms with Crippen molar-refractivity contribution in [3.8, 4) is 6.07 Å². The number of rotatable bonds is 7. The summed E-state index contributed by atoms with van der Waals surface area (Å²) in [5.41, 5.74) is 1.27. The third-order valence-corrected chi connectivity index (χ3v) is 3.68. The van der Waals surface area contributed by atoms with Crippen LogP contribution in [0.3, 0.4) is 0 Å². The highest BCUT2D eigenvalue weighted by atomic mass is 16.3. The molecule has 2 N–H and O–H groups in total. The van der Waals surface area contributed by atoms with Crippen LogP contribution in [0.1, 0.15) is 24.8 Å². The van der Waals surface area contributed by atoms with E-state index in [1.165, 1.54) is 0 Å². The molecule has 1 aliphatic rings. The van der Waals surface area contributed by atoms with Crippen LogP contribution in [0, 0.1) is 17.2 Å². The number of aliphatic hydroxyl groups excluding tert-OH is 1. The number of nitriles is 1. The van der Waals surface area contributed by atoms with Crippen LogP contribution in [-0.2, 0) is 4.79 Å². The first-order valence-electron chi connectivity index (χ1n) is 7.25. The van der Waals surface area contributed by atoms with Gasteiger partial charge in [0.2, 0.25) is 5.91 Å². The highest BCUT2D eigenvalue weighted by molar-refractivity contribution is 5.90. The number of carbonyl (C=O) groups is 1. The smallest absolute Gasteiger partial charge is 0.225 e. The molecule has 1 aromatic rings. The maximum absolute atomic E-state index is 11.8. The molecule has 0 heterocycles. The first-order chi connectivity index (χ1) is 10.1. The Morgan fingerprint density at radius 1 is 1.48 bits per heavy atom. The maximum Gasteiger partial charge on any atom is 0.225 e. The maximum atomic E-state index is 11.8. The second kappa shape index (κ2) is 7.21. The average molecular weight is 287 g/mol. The van der Waals surface area contributed by atoms with E-state index in [9.17, 15) is 9.90 Å². The van der Waals surface area contributed by atoms with Crippen LogP contribution in [0.5, 0.6) is 0 Å². The number of amides is 1. The monoisotopic (exact) mass is 287 g/mol. The molecule has 2 rings (SSSR count). The van der Waals surface area contributed by atoms with Gasteiger partial charge in [0.05, 0.1) is 17.7 Å². The lowest BCUT2D eigenvalue weighted by atomic mass is 10.2. The highest BCUT2D eigenvalue weighted by Gasteiger charge is 2.30. The lowest BCUT2D eigenvalue weighted by molar-refractivity contribution is -0.116. The highest BCUT2D eigenvalue weighted by Crippen LogP contribution is 2.32. The number of nitrogens with one attached hydrogen (secondary N) is 1. The molecule has 5 nitrogen and oxygen atoms in total. The normalized spacial score (nSPS) is 15.5. The molecule has 5 heteroatoms. The number of likely N-dealkylation sites (N-methyl/N-ethyl adjacent to an activating group) is 1. The fraction of sp³-hybridized carbons (Fsp3) is 0.500. The van der Waals surface area contributed by atoms with Crippen LogP contribution >= 0.6 is 0 Å². The molecule has 0 bridgehead atoms. The van der Waals surface area contributed by atoms with Crippen LogP contribution in [0.25, 0.3) is 0 Å². The lowest BCUT2D eigenvalue weighted by Crippen LogP contribution is -2.32. The van der Waals surface area contributed by atoms with Gasteiger partial charge in [0, 0.05) is 25.2 Å². The topological polar surface area (TPSA) is 76.4 Å². The van der Waals surface area contributed by atoms with E-state index in [4.69, 9.17) is 5.26 Å². The number of hydrogen-bond donors (Lipinski definition) is 2. The predicted molar refractivity (Wildman–Crippen MR) is 80.6 cm³/mol. The van der Waals surface area contributed by atoms with Gasteiger partial charge >= 0.3 is 0 Å². The van der Waals surface area contributed by atoms with Gasteiger partial charge in [0.15, 0.2) is 0 Å². The molecule has 1 amide bonds. The summed E-state index contributed by atoms with van der Waals surface area (Å²) in [6.07, 6.45) is 2.35. The van der Waals surface area contributed by atoms with Gasteiger partial charge in [-0.05, 0) is 50.1 Å². The van der Waals surface area contributed by atoms with E-state index in [-0.39, 0.29) is 12.0 Å². The van der Waals surface area contributed by atoms with Gasteiger partial charge in [-0.15, -0.1) is 0 Å². The summed E-state index contributed by atoms with van der Waals surface area (Å²) in [5, 5.41) is 21.3. The molecule has 1 aliphatic carbocycles. The van der Waals surface area contributed by atoms with Gasteiger partial charge in [-0.25, -0.2) is 0 Å². The number of nitrogens with zero attached hydrogens (tertiary/aromatic N) is 2. The molecule has 0 radical (unpaired) electrons. The van der Waals surface area contributed by atoms with Crippen molar-refractivity contribution in [2.75, 3.05) is 25.5 Å². The van der Waals surface area contributed by atoms with Crippen LogP contribution in [0.4, 0.5) is 5.69 Å². The summed E-state index contributed by atoms with van der Waals surface area (Å²) < 4.78 is 0. The van der Waals surface area contributed by atoms with Crippen LogP contribution in [0.15, 0.2) is 24.3 Å². The molecular formula is C16H21N3O2. The Labute approximate surface area is 125 Å². The van der Waals surface area contributed by atoms with Crippen molar-refractivity contribution in [3.63, 3.8) is 0 Å². The molecule has 112 valence electrons.